The van der Waals surface area contributed by atoms with E-state index in [2.05, 4.69) is 0 Å². The van der Waals surface area contributed by atoms with E-state index in [1.54, 1.807) is 0 Å². The van der Waals surface area contributed by atoms with Crippen LogP contribution >= 0.6 is 0 Å². The van der Waals surface area contributed by atoms with Crippen LogP contribution in [0.4, 0.5) is 11.4 Å². The van der Waals surface area contributed by atoms with Gasteiger partial charge in [0.2, 0.25) is 0 Å². The monoisotopic (exact) mass is 342 g/mol. The fourth-order valence-electron chi connectivity index (χ4n) is 3.25. The molecule has 4 aromatic carbocycles. The van der Waals surface area contributed by atoms with E-state index in [9.17, 15) is 14.9 Å². The van der Waals surface area contributed by atoms with Crippen molar-refractivity contribution in [3.8, 4) is 0 Å². The van der Waals surface area contributed by atoms with Crippen LogP contribution in [0.25, 0.3) is 21.5 Å². The Kier molecular flexibility index (Phi) is 3.62. The SMILES string of the molecule is Nc1ccc([N+](=O)[O-])cc1C(=O)c1c2ccccc2cc2ccccc12. The predicted molar refractivity (Wildman–Crippen MR) is 102 cm³/mol. The van der Waals surface area contributed by atoms with E-state index in [0.29, 0.717) is 5.56 Å². The highest BCUT2D eigenvalue weighted by Gasteiger charge is 2.21. The lowest BCUT2D eigenvalue weighted by Crippen LogP contribution is -2.08. The second-order valence-electron chi connectivity index (χ2n) is 6.05. The van der Waals surface area contributed by atoms with E-state index >= 15 is 0 Å². The molecule has 0 saturated heterocycles. The van der Waals surface area contributed by atoms with Gasteiger partial charge in [0, 0.05) is 23.4 Å². The zero-order valence-corrected chi connectivity index (χ0v) is 13.7. The molecule has 0 aliphatic rings. The number of nitrogens with two attached hydrogens (primary N) is 1. The van der Waals surface area contributed by atoms with Crippen molar-refractivity contribution in [2.75, 3.05) is 5.73 Å². The van der Waals surface area contributed by atoms with Crippen LogP contribution in [0.3, 0.4) is 0 Å². The van der Waals surface area contributed by atoms with E-state index in [1.165, 1.54) is 18.2 Å². The Hall–Kier alpha value is -3.73. The molecule has 0 amide bonds. The first-order chi connectivity index (χ1) is 12.6. The average Bonchev–Trinajstić information content (AvgIpc) is 2.65. The Morgan fingerprint density at radius 2 is 1.42 bits per heavy atom. The Morgan fingerprint density at radius 3 is 2.00 bits per heavy atom. The third-order valence-electron chi connectivity index (χ3n) is 4.49. The van der Waals surface area contributed by atoms with Gasteiger partial charge in [0.05, 0.1) is 10.5 Å². The van der Waals surface area contributed by atoms with Crippen LogP contribution in [0.5, 0.6) is 0 Å². The maximum Gasteiger partial charge on any atom is 0.270 e. The first-order valence-corrected chi connectivity index (χ1v) is 8.05. The van der Waals surface area contributed by atoms with Crippen molar-refractivity contribution in [2.24, 2.45) is 0 Å². The maximum atomic E-state index is 13.4. The predicted octanol–water partition coefficient (Wildman–Crippen LogP) is 4.71. The normalized spacial score (nSPS) is 10.9. The van der Waals surface area contributed by atoms with Crippen LogP contribution < -0.4 is 5.73 Å². The van der Waals surface area contributed by atoms with Crippen LogP contribution in [0, 0.1) is 10.1 Å². The molecule has 4 rings (SSSR count). The molecule has 0 aliphatic heterocycles. The van der Waals surface area contributed by atoms with Crippen molar-refractivity contribution < 1.29 is 9.72 Å². The molecule has 0 atom stereocenters. The number of nitro benzene ring substituents is 1. The second kappa shape index (κ2) is 5.97. The quantitative estimate of drug-likeness (QED) is 0.192. The van der Waals surface area contributed by atoms with E-state index in [-0.39, 0.29) is 22.7 Å². The number of hydrogen-bond acceptors (Lipinski definition) is 4. The lowest BCUT2D eigenvalue weighted by Gasteiger charge is -2.12. The molecule has 0 aromatic heterocycles. The highest BCUT2D eigenvalue weighted by Crippen LogP contribution is 2.32. The van der Waals surface area contributed by atoms with Gasteiger partial charge in [-0.25, -0.2) is 0 Å². The fourth-order valence-corrected chi connectivity index (χ4v) is 3.25. The van der Waals surface area contributed by atoms with Gasteiger partial charge in [-0.3, -0.25) is 14.9 Å². The van der Waals surface area contributed by atoms with Gasteiger partial charge in [-0.2, -0.15) is 0 Å². The molecule has 126 valence electrons. The molecule has 4 aromatic rings. The van der Waals surface area contributed by atoms with Gasteiger partial charge in [0.15, 0.2) is 5.78 Å². The molecule has 0 unspecified atom stereocenters. The number of nitrogen functional groups attached to an aromatic ring is 1. The first-order valence-electron chi connectivity index (χ1n) is 8.05. The highest BCUT2D eigenvalue weighted by molar-refractivity contribution is 6.25. The summed E-state index contributed by atoms with van der Waals surface area (Å²) in [5.41, 5.74) is 6.68. The number of nitrogens with zero attached hydrogens (tertiary/aromatic N) is 1. The number of carbonyl (C=O) groups is 1. The summed E-state index contributed by atoms with van der Waals surface area (Å²) in [6.07, 6.45) is 0. The second-order valence-corrected chi connectivity index (χ2v) is 6.05. The fraction of sp³-hybridized carbons (Fsp3) is 0. The molecule has 5 nitrogen and oxygen atoms in total. The molecular formula is C21H14N2O3. The van der Waals surface area contributed by atoms with Gasteiger partial charge in [-0.15, -0.1) is 0 Å². The number of nitro groups is 1. The molecule has 0 bridgehead atoms. The Balaban J connectivity index is 2.06. The van der Waals surface area contributed by atoms with Crippen molar-refractivity contribution in [3.63, 3.8) is 0 Å². The van der Waals surface area contributed by atoms with E-state index in [0.717, 1.165) is 21.5 Å². The zero-order chi connectivity index (χ0) is 18.3. The lowest BCUT2D eigenvalue weighted by molar-refractivity contribution is -0.384. The number of hydrogen-bond donors (Lipinski definition) is 1. The van der Waals surface area contributed by atoms with Gasteiger partial charge < -0.3 is 5.73 Å². The van der Waals surface area contributed by atoms with Crippen LogP contribution in [0.1, 0.15) is 15.9 Å². The number of fused-ring (bicyclic) bond motifs is 2. The molecule has 0 aliphatic carbocycles. The summed E-state index contributed by atoms with van der Waals surface area (Å²) in [7, 11) is 0. The summed E-state index contributed by atoms with van der Waals surface area (Å²) < 4.78 is 0. The number of anilines is 1. The summed E-state index contributed by atoms with van der Waals surface area (Å²) >= 11 is 0. The summed E-state index contributed by atoms with van der Waals surface area (Å²) in [5, 5.41) is 14.5. The minimum absolute atomic E-state index is 0.140. The molecule has 5 heteroatoms. The first kappa shape index (κ1) is 15.8. The van der Waals surface area contributed by atoms with Crippen molar-refractivity contribution >= 4 is 38.7 Å². The number of rotatable bonds is 3. The average molecular weight is 342 g/mol. The van der Waals surface area contributed by atoms with Crippen LogP contribution in [0.2, 0.25) is 0 Å². The standard InChI is InChI=1S/C21H14N2O3/c22-19-10-9-15(23(25)26)12-18(19)21(24)20-16-7-3-1-5-13(16)11-14-6-2-4-8-17(14)20/h1-12H,22H2. The van der Waals surface area contributed by atoms with Gasteiger partial charge >= 0.3 is 0 Å². The Morgan fingerprint density at radius 1 is 0.846 bits per heavy atom. The number of ketones is 1. The molecule has 0 heterocycles. The topological polar surface area (TPSA) is 86.2 Å². The van der Waals surface area contributed by atoms with E-state index in [4.69, 9.17) is 5.73 Å². The zero-order valence-electron chi connectivity index (χ0n) is 13.7. The van der Waals surface area contributed by atoms with Gasteiger partial charge in [0.25, 0.3) is 5.69 Å². The Bertz CT molecular complexity index is 1140. The summed E-state index contributed by atoms with van der Waals surface area (Å²) in [4.78, 5) is 23.9. The minimum Gasteiger partial charge on any atom is -0.398 e. The Labute approximate surface area is 148 Å². The highest BCUT2D eigenvalue weighted by atomic mass is 16.6. The van der Waals surface area contributed by atoms with Crippen molar-refractivity contribution in [3.05, 3.63) is 94.0 Å². The van der Waals surface area contributed by atoms with Crippen molar-refractivity contribution in [2.45, 2.75) is 0 Å². The van der Waals surface area contributed by atoms with Crippen molar-refractivity contribution in [1.29, 1.82) is 0 Å². The molecule has 2 N–H and O–H groups in total. The third kappa shape index (κ3) is 2.46. The van der Waals surface area contributed by atoms with E-state index < -0.39 is 4.92 Å². The summed E-state index contributed by atoms with van der Waals surface area (Å²) in [5.74, 6) is -0.320. The third-order valence-corrected chi connectivity index (χ3v) is 4.49. The summed E-state index contributed by atoms with van der Waals surface area (Å²) in [6, 6.07) is 21.2. The number of carbonyl (C=O) groups excluding carboxylic acids is 1. The largest absolute Gasteiger partial charge is 0.398 e. The molecule has 0 fully saturated rings. The van der Waals surface area contributed by atoms with Crippen molar-refractivity contribution in [1.82, 2.24) is 0 Å². The van der Waals surface area contributed by atoms with Gasteiger partial charge in [-0.1, -0.05) is 48.5 Å². The van der Waals surface area contributed by atoms with Crippen LogP contribution in [-0.2, 0) is 0 Å². The van der Waals surface area contributed by atoms with E-state index in [1.807, 2.05) is 54.6 Å². The van der Waals surface area contributed by atoms with Crippen LogP contribution in [-0.4, -0.2) is 10.7 Å². The molecular weight excluding hydrogens is 328 g/mol. The molecule has 0 saturated carbocycles. The smallest absolute Gasteiger partial charge is 0.270 e. The lowest BCUT2D eigenvalue weighted by atomic mass is 9.91. The summed E-state index contributed by atoms with van der Waals surface area (Å²) in [6.45, 7) is 0. The minimum atomic E-state index is -0.530. The van der Waals surface area contributed by atoms with Crippen LogP contribution in [0.15, 0.2) is 72.8 Å². The number of non-ortho nitro benzene ring substituents is 1. The van der Waals surface area contributed by atoms with Gasteiger partial charge in [-0.05, 0) is 33.7 Å². The number of benzene rings is 4. The van der Waals surface area contributed by atoms with Gasteiger partial charge in [0.1, 0.15) is 0 Å². The maximum absolute atomic E-state index is 13.4. The molecule has 0 spiro atoms. The molecule has 0 radical (unpaired) electrons. The molecule has 26 heavy (non-hydrogen) atoms.